The van der Waals surface area contributed by atoms with Gasteiger partial charge in [-0.2, -0.15) is 5.10 Å². The Balaban J connectivity index is 2.25. The summed E-state index contributed by atoms with van der Waals surface area (Å²) in [6.07, 6.45) is 6.05. The van der Waals surface area contributed by atoms with Crippen LogP contribution in [0.3, 0.4) is 0 Å². The molecule has 3 rings (SSSR count). The molecule has 2 nitrogen and oxygen atoms in total. The summed E-state index contributed by atoms with van der Waals surface area (Å²) in [5.74, 6) is 0.854. The lowest BCUT2D eigenvalue weighted by atomic mass is 10.1. The summed E-state index contributed by atoms with van der Waals surface area (Å²) in [5.41, 5.74) is 1.48. The van der Waals surface area contributed by atoms with Crippen LogP contribution < -0.4 is 0 Å². The van der Waals surface area contributed by atoms with Gasteiger partial charge in [-0.25, -0.2) is 0 Å². The normalized spacial score (nSPS) is 34.8. The second-order valence-corrected chi connectivity index (χ2v) is 3.36. The number of hydrogen-bond donors (Lipinski definition) is 0. The molecule has 1 aliphatic carbocycles. The Hall–Kier alpha value is -0.790. The third-order valence-corrected chi connectivity index (χ3v) is 2.87. The minimum Gasteiger partial charge on any atom is -0.266 e. The van der Waals surface area contributed by atoms with E-state index in [1.807, 2.05) is 6.20 Å². The zero-order chi connectivity index (χ0) is 6.55. The minimum absolute atomic E-state index is 0.759. The van der Waals surface area contributed by atoms with Gasteiger partial charge in [-0.05, 0) is 25.3 Å². The molecule has 0 radical (unpaired) electrons. The lowest BCUT2D eigenvalue weighted by molar-refractivity contribution is 0.476. The highest BCUT2D eigenvalue weighted by Gasteiger charge is 2.36. The molecule has 0 spiro atoms. The first-order valence-corrected chi connectivity index (χ1v) is 3.98. The summed E-state index contributed by atoms with van der Waals surface area (Å²) in [5, 5.41) is 4.30. The fraction of sp³-hybridized carbons (Fsp3) is 0.625. The van der Waals surface area contributed by atoms with E-state index >= 15 is 0 Å². The zero-order valence-corrected chi connectivity index (χ0v) is 5.83. The van der Waals surface area contributed by atoms with Crippen LogP contribution in [0.25, 0.3) is 0 Å². The Morgan fingerprint density at radius 3 is 3.40 bits per heavy atom. The maximum Gasteiger partial charge on any atom is 0.0529 e. The summed E-state index contributed by atoms with van der Waals surface area (Å²) in [7, 11) is 0. The zero-order valence-electron chi connectivity index (χ0n) is 5.83. The van der Waals surface area contributed by atoms with Gasteiger partial charge in [0, 0.05) is 17.8 Å². The molecular formula is C8H10N2. The van der Waals surface area contributed by atoms with Crippen molar-refractivity contribution in [2.45, 2.75) is 31.2 Å². The first-order valence-electron chi connectivity index (χ1n) is 3.98. The SMILES string of the molecule is c1cc2n(n1)[C@H]1CC[C@@H]2C1. The second kappa shape index (κ2) is 1.44. The summed E-state index contributed by atoms with van der Waals surface area (Å²) in [4.78, 5) is 0. The van der Waals surface area contributed by atoms with Crippen molar-refractivity contribution in [3.63, 3.8) is 0 Å². The molecule has 2 aliphatic rings. The van der Waals surface area contributed by atoms with Crippen LogP contribution in [-0.2, 0) is 0 Å². The molecule has 10 heavy (non-hydrogen) atoms. The van der Waals surface area contributed by atoms with E-state index in [-0.39, 0.29) is 0 Å². The van der Waals surface area contributed by atoms with E-state index in [2.05, 4.69) is 15.8 Å². The number of nitrogens with zero attached hydrogens (tertiary/aromatic N) is 2. The first kappa shape index (κ1) is 4.94. The fourth-order valence-corrected chi connectivity index (χ4v) is 2.40. The average molecular weight is 134 g/mol. The fourth-order valence-electron chi connectivity index (χ4n) is 2.40. The number of rotatable bonds is 0. The maximum absolute atomic E-state index is 4.30. The van der Waals surface area contributed by atoms with Crippen LogP contribution in [0, 0.1) is 0 Å². The summed E-state index contributed by atoms with van der Waals surface area (Å²) in [6.45, 7) is 0. The van der Waals surface area contributed by atoms with Crippen molar-refractivity contribution in [1.29, 1.82) is 0 Å². The van der Waals surface area contributed by atoms with Crippen LogP contribution in [0.1, 0.15) is 36.9 Å². The van der Waals surface area contributed by atoms with E-state index in [4.69, 9.17) is 0 Å². The molecule has 0 amide bonds. The van der Waals surface area contributed by atoms with Crippen LogP contribution in [0.5, 0.6) is 0 Å². The van der Waals surface area contributed by atoms with Gasteiger partial charge in [0.25, 0.3) is 0 Å². The van der Waals surface area contributed by atoms with Gasteiger partial charge in [0.15, 0.2) is 0 Å². The summed E-state index contributed by atoms with van der Waals surface area (Å²) < 4.78 is 2.22. The minimum atomic E-state index is 0.759. The number of hydrogen-bond acceptors (Lipinski definition) is 1. The van der Waals surface area contributed by atoms with Crippen LogP contribution in [-0.4, -0.2) is 9.78 Å². The average Bonchev–Trinajstić information content (AvgIpc) is 2.60. The van der Waals surface area contributed by atoms with Crippen LogP contribution >= 0.6 is 0 Å². The molecule has 1 aromatic rings. The van der Waals surface area contributed by atoms with E-state index in [0.717, 1.165) is 12.0 Å². The molecule has 2 heterocycles. The lowest BCUT2D eigenvalue weighted by Crippen LogP contribution is -2.06. The Labute approximate surface area is 59.9 Å². The van der Waals surface area contributed by atoms with Gasteiger partial charge < -0.3 is 0 Å². The van der Waals surface area contributed by atoms with E-state index in [1.165, 1.54) is 25.0 Å². The Morgan fingerprint density at radius 1 is 1.50 bits per heavy atom. The molecular weight excluding hydrogens is 124 g/mol. The van der Waals surface area contributed by atoms with Crippen molar-refractivity contribution in [1.82, 2.24) is 9.78 Å². The molecule has 1 fully saturated rings. The predicted molar refractivity (Wildman–Crippen MR) is 37.9 cm³/mol. The molecule has 2 atom stereocenters. The predicted octanol–water partition coefficient (Wildman–Crippen LogP) is 1.71. The van der Waals surface area contributed by atoms with Crippen LogP contribution in [0.15, 0.2) is 12.3 Å². The number of fused-ring (bicyclic) bond motifs is 5. The highest BCUT2D eigenvalue weighted by molar-refractivity contribution is 5.17. The van der Waals surface area contributed by atoms with Crippen molar-refractivity contribution < 1.29 is 0 Å². The first-order chi connectivity index (χ1) is 4.95. The van der Waals surface area contributed by atoms with Crippen LogP contribution in [0.4, 0.5) is 0 Å². The van der Waals surface area contributed by atoms with Crippen molar-refractivity contribution in [2.24, 2.45) is 0 Å². The molecule has 0 saturated heterocycles. The van der Waals surface area contributed by atoms with Crippen molar-refractivity contribution in [2.75, 3.05) is 0 Å². The Morgan fingerprint density at radius 2 is 2.50 bits per heavy atom. The van der Waals surface area contributed by atoms with Gasteiger partial charge in [-0.15, -0.1) is 0 Å². The quantitative estimate of drug-likeness (QED) is 0.528. The third kappa shape index (κ3) is 0.405. The maximum atomic E-state index is 4.30. The van der Waals surface area contributed by atoms with E-state index < -0.39 is 0 Å². The molecule has 52 valence electrons. The standard InChI is InChI=1S/C8H10N2/c1-2-7-5-6(1)8-3-4-9-10(7)8/h3-4,6-7H,1-2,5H2/t6-,7+/m1/s1. The van der Waals surface area contributed by atoms with Gasteiger partial charge in [0.2, 0.25) is 0 Å². The molecule has 1 aliphatic heterocycles. The summed E-state index contributed by atoms with van der Waals surface area (Å²) in [6, 6.07) is 2.93. The van der Waals surface area contributed by atoms with Crippen molar-refractivity contribution in [3.8, 4) is 0 Å². The molecule has 2 bridgehead atoms. The third-order valence-electron chi connectivity index (χ3n) is 2.87. The summed E-state index contributed by atoms with van der Waals surface area (Å²) >= 11 is 0. The van der Waals surface area contributed by atoms with Crippen LogP contribution in [0.2, 0.25) is 0 Å². The highest BCUT2D eigenvalue weighted by Crippen LogP contribution is 2.47. The van der Waals surface area contributed by atoms with E-state index in [0.29, 0.717) is 0 Å². The molecule has 0 N–H and O–H groups in total. The second-order valence-electron chi connectivity index (χ2n) is 3.36. The van der Waals surface area contributed by atoms with Gasteiger partial charge in [-0.1, -0.05) is 0 Å². The highest BCUT2D eigenvalue weighted by atomic mass is 15.3. The van der Waals surface area contributed by atoms with E-state index in [1.54, 1.807) is 0 Å². The van der Waals surface area contributed by atoms with Gasteiger partial charge in [0.1, 0.15) is 0 Å². The molecule has 2 heteroatoms. The Bertz CT molecular complexity index is 239. The smallest absolute Gasteiger partial charge is 0.0529 e. The van der Waals surface area contributed by atoms with Gasteiger partial charge in [0.05, 0.1) is 6.04 Å². The molecule has 0 unspecified atom stereocenters. The topological polar surface area (TPSA) is 17.8 Å². The molecule has 1 saturated carbocycles. The number of aromatic nitrogens is 2. The van der Waals surface area contributed by atoms with Gasteiger partial charge in [-0.3, -0.25) is 4.68 Å². The van der Waals surface area contributed by atoms with Gasteiger partial charge >= 0.3 is 0 Å². The van der Waals surface area contributed by atoms with Crippen molar-refractivity contribution >= 4 is 0 Å². The van der Waals surface area contributed by atoms with E-state index in [9.17, 15) is 0 Å². The molecule has 0 aromatic carbocycles. The lowest BCUT2D eigenvalue weighted by Gasteiger charge is -2.11. The monoisotopic (exact) mass is 134 g/mol. The Kier molecular flexibility index (Phi) is 0.712. The van der Waals surface area contributed by atoms with Crippen molar-refractivity contribution in [3.05, 3.63) is 18.0 Å². The largest absolute Gasteiger partial charge is 0.266 e. The molecule has 1 aromatic heterocycles.